The van der Waals surface area contributed by atoms with Crippen LogP contribution in [0, 0.1) is 0 Å². The molecule has 20 heteroatoms. The maximum atomic E-state index is 14.2. The highest BCUT2D eigenvalue weighted by atomic mass is 16.7. The number of rotatable bonds is 22. The summed E-state index contributed by atoms with van der Waals surface area (Å²) in [5, 5.41) is 27.4. The number of ether oxygens (including phenoxy) is 4. The molecule has 5 N–H and O–H groups in total. The van der Waals surface area contributed by atoms with Gasteiger partial charge in [-0.1, -0.05) is 207 Å². The van der Waals surface area contributed by atoms with E-state index >= 15 is 0 Å². The smallest absolute Gasteiger partial charge is 0.410 e. The Kier molecular flexibility index (Phi) is 22.1. The summed E-state index contributed by atoms with van der Waals surface area (Å²) in [6, 6.07) is 49.5. The number of nitrogens with one attached hydrogen (secondary N) is 4. The number of hydrogen-bond acceptors (Lipinski definition) is 14. The van der Waals surface area contributed by atoms with Crippen LogP contribution in [0.3, 0.4) is 0 Å². The lowest BCUT2D eigenvalue weighted by Gasteiger charge is -2.29. The average molecular weight is 1300 g/mol. The summed E-state index contributed by atoms with van der Waals surface area (Å²) in [5.41, 5.74) is 11.6. The average Bonchev–Trinajstić information content (AvgIpc) is 1.62. The first-order chi connectivity index (χ1) is 46.7. The number of likely N-dealkylation sites (tertiary alicyclic amines) is 2. The normalized spacial score (nSPS) is 20.1. The summed E-state index contributed by atoms with van der Waals surface area (Å²) in [6.07, 6.45) is 6.01. The number of amides is 6. The van der Waals surface area contributed by atoms with E-state index in [1.807, 2.05) is 123 Å². The zero-order valence-corrected chi connectivity index (χ0v) is 54.9. The van der Waals surface area contributed by atoms with Gasteiger partial charge in [0.15, 0.2) is 17.8 Å². The predicted octanol–water partition coefficient (Wildman–Crippen LogP) is 10.8. The van der Waals surface area contributed by atoms with E-state index in [4.69, 9.17) is 29.0 Å². The van der Waals surface area contributed by atoms with E-state index in [0.29, 0.717) is 25.7 Å². The van der Waals surface area contributed by atoms with Gasteiger partial charge in [-0.2, -0.15) is 0 Å². The van der Waals surface area contributed by atoms with Gasteiger partial charge in [0.25, 0.3) is 11.8 Å². The van der Waals surface area contributed by atoms with Crippen LogP contribution in [0.5, 0.6) is 0 Å². The molecule has 3 aliphatic heterocycles. The summed E-state index contributed by atoms with van der Waals surface area (Å²) in [7, 11) is 2.96. The van der Waals surface area contributed by atoms with Crippen molar-refractivity contribution in [3.8, 4) is 22.3 Å². The molecule has 96 heavy (non-hydrogen) atoms. The summed E-state index contributed by atoms with van der Waals surface area (Å²) < 4.78 is 23.0. The minimum Gasteiger partial charge on any atom is -0.448 e. The number of fused-ring (bicyclic) bond motifs is 6. The van der Waals surface area contributed by atoms with Gasteiger partial charge in [0, 0.05) is 57.5 Å². The van der Waals surface area contributed by atoms with E-state index in [1.165, 1.54) is 30.2 Å². The molecule has 20 nitrogen and oxygen atoms in total. The van der Waals surface area contributed by atoms with E-state index < -0.39 is 54.2 Å². The van der Waals surface area contributed by atoms with E-state index in [9.17, 15) is 28.8 Å². The molecule has 2 unspecified atom stereocenters. The van der Waals surface area contributed by atoms with Crippen molar-refractivity contribution in [2.45, 2.75) is 150 Å². The van der Waals surface area contributed by atoms with Crippen LogP contribution in [0.4, 0.5) is 9.59 Å². The molecule has 2 saturated heterocycles. The fourth-order valence-corrected chi connectivity index (χ4v) is 13.8. The molecule has 6 aromatic carbocycles. The third-order valence-electron chi connectivity index (χ3n) is 18.8. The number of carbonyl (C=O) groups excluding carboxylic acids is 6. The molecule has 3 heterocycles. The number of carbonyl (C=O) groups is 6. The van der Waals surface area contributed by atoms with E-state index in [-0.39, 0.29) is 80.3 Å². The molecule has 1 spiro atoms. The highest BCUT2D eigenvalue weighted by Gasteiger charge is 2.55. The van der Waals surface area contributed by atoms with Crippen LogP contribution >= 0.6 is 0 Å². The lowest BCUT2D eigenvalue weighted by atomic mass is 9.91. The first kappa shape index (κ1) is 67.7. The van der Waals surface area contributed by atoms with Crippen LogP contribution in [0.25, 0.3) is 22.3 Å². The van der Waals surface area contributed by atoms with Gasteiger partial charge in [0.2, 0.25) is 11.8 Å². The van der Waals surface area contributed by atoms with Crippen molar-refractivity contribution in [3.05, 3.63) is 203 Å². The Bertz CT molecular complexity index is 3730. The number of oxime groups is 2. The number of hydrogen-bond donors (Lipinski definition) is 5. The Morgan fingerprint density at radius 1 is 0.615 bits per heavy atom. The number of benzene rings is 6. The zero-order chi connectivity index (χ0) is 67.3. The van der Waals surface area contributed by atoms with Crippen molar-refractivity contribution in [2.24, 2.45) is 10.3 Å². The molecule has 4 aliphatic carbocycles. The Hall–Kier alpha value is -9.66. The van der Waals surface area contributed by atoms with Crippen molar-refractivity contribution in [3.63, 3.8) is 0 Å². The van der Waals surface area contributed by atoms with Crippen LogP contribution < -0.4 is 21.3 Å². The largest absolute Gasteiger partial charge is 0.448 e. The monoisotopic (exact) mass is 1300 g/mol. The molecule has 13 rings (SSSR count). The quantitative estimate of drug-likeness (QED) is 0.0184. The molecule has 502 valence electrons. The third-order valence-corrected chi connectivity index (χ3v) is 18.8. The molecule has 0 radical (unpaired) electrons. The topological polar surface area (TPSA) is 248 Å². The molecule has 7 aliphatic rings. The minimum absolute atomic E-state index is 0.0687. The summed E-state index contributed by atoms with van der Waals surface area (Å²) >= 11 is 0. The third kappa shape index (κ3) is 15.8. The molecule has 0 bridgehead atoms. The highest BCUT2D eigenvalue weighted by Crippen LogP contribution is 2.47. The van der Waals surface area contributed by atoms with Crippen molar-refractivity contribution in [1.29, 1.82) is 0 Å². The Balaban J connectivity index is 0.000000175. The molecular weight excluding hydrogens is 1220 g/mol. The fraction of sp³-hybridized carbons (Fsp3) is 0.395. The first-order valence-electron chi connectivity index (χ1n) is 33.4. The molecule has 7 atom stereocenters. The maximum Gasteiger partial charge on any atom is 0.410 e. The van der Waals surface area contributed by atoms with Gasteiger partial charge >= 0.3 is 12.2 Å². The minimum atomic E-state index is -0.894. The van der Waals surface area contributed by atoms with Gasteiger partial charge in [-0.25, -0.2) is 9.59 Å². The fourth-order valence-electron chi connectivity index (χ4n) is 13.8. The second-order valence-corrected chi connectivity index (χ2v) is 25.7. The second kappa shape index (κ2) is 31.3. The Morgan fingerprint density at radius 3 is 1.48 bits per heavy atom. The zero-order valence-electron chi connectivity index (χ0n) is 54.9. The molecule has 6 amide bonds. The van der Waals surface area contributed by atoms with E-state index in [2.05, 4.69) is 86.7 Å². The van der Waals surface area contributed by atoms with E-state index in [1.54, 1.807) is 0 Å². The first-order valence-corrected chi connectivity index (χ1v) is 33.4. The Labute approximate surface area is 560 Å². The van der Waals surface area contributed by atoms with Crippen molar-refractivity contribution in [2.75, 3.05) is 40.5 Å². The summed E-state index contributed by atoms with van der Waals surface area (Å²) in [5.74, 6) is -1.36. The summed E-state index contributed by atoms with van der Waals surface area (Å²) in [6.45, 7) is 8.71. The molecule has 2 saturated carbocycles. The molecule has 6 aromatic rings. The lowest BCUT2D eigenvalue weighted by molar-refractivity contribution is -0.136. The molecular formula is C76H86N8O12. The standard InChI is InChI=1S/C38H42N4O6.C31H37N3O5.C7H7NO/c1-3-11-31(34(46-2)36(44)39-25-18-19-25)40-35(43)33-21-38(20-32(41-48-38)24-12-5-4-6-13-24)23-42(33)37(45)47-22-30-28-16-9-7-14-26(28)27-15-8-10-17-29(27)30;1-4-9-26(28(38-3)30(36)32-20-14-15-20)33-29(35)27-16-19(2)17-34(27)31(37)39-18-25-23-12-7-5-10-21(23)22-11-6-8-13-24(22)25;9-8-6-7-4-2-1-3-5-7/h4-10,12-17,25,30-31,33-34H,3,11,18-23H2,1-2H3,(H,39,44)(H,40,43);5-8,10-13,20,25-28H,2,4,9,14-18H2,1,3H3,(H,32,36)(H,33,35);1-6,9H/b;;8-6+/t31-,33-,34?,38+;26-,27-,28?;/m00./s1. The van der Waals surface area contributed by atoms with E-state index in [0.717, 1.165) is 105 Å². The van der Waals surface area contributed by atoms with Crippen LogP contribution in [-0.2, 0) is 43.0 Å². The lowest BCUT2D eigenvalue weighted by Crippen LogP contribution is -2.55. The maximum absolute atomic E-state index is 14.2. The van der Waals surface area contributed by atoms with Crippen molar-refractivity contribution >= 4 is 47.7 Å². The Morgan fingerprint density at radius 2 is 1.04 bits per heavy atom. The van der Waals surface area contributed by atoms with Gasteiger partial charge in [0.05, 0.1) is 30.6 Å². The van der Waals surface area contributed by atoms with Gasteiger partial charge in [-0.05, 0) is 101 Å². The molecule has 0 aromatic heterocycles. The highest BCUT2D eigenvalue weighted by molar-refractivity contribution is 6.02. The predicted molar refractivity (Wildman–Crippen MR) is 364 cm³/mol. The summed E-state index contributed by atoms with van der Waals surface area (Å²) in [4.78, 5) is 89.8. The number of methoxy groups -OCH3 is 2. The van der Waals surface area contributed by atoms with Crippen molar-refractivity contribution in [1.82, 2.24) is 31.1 Å². The van der Waals surface area contributed by atoms with Gasteiger partial charge < -0.3 is 50.3 Å². The van der Waals surface area contributed by atoms with Crippen molar-refractivity contribution < 1.29 is 57.8 Å². The van der Waals surface area contributed by atoms with Crippen LogP contribution in [0.2, 0.25) is 0 Å². The van der Waals surface area contributed by atoms with Gasteiger partial charge in [-0.15, -0.1) is 0 Å². The van der Waals surface area contributed by atoms with Crippen LogP contribution in [0.1, 0.15) is 130 Å². The van der Waals surface area contributed by atoms with Gasteiger partial charge in [0.1, 0.15) is 25.3 Å². The van der Waals surface area contributed by atoms with Crippen LogP contribution in [-0.4, -0.2) is 157 Å². The molecule has 4 fully saturated rings. The SMILES string of the molecule is C=C1C[C@@H](C(=O)N[C@@H](CCC)C(OC)C(=O)NC2CC2)N(C(=O)OCC2c3ccccc3-c3ccccc32)C1.CCC[C@H](NC(=O)[C@@H]1C[C@]2(CC(c3ccccc3)=NO2)CN1C(=O)OCC1c2ccccc2-c2ccccc21)C(OC)C(=O)NC1CC1.O/N=C/c1ccccc1. The second-order valence-electron chi connectivity index (χ2n) is 25.7. The van der Waals surface area contributed by atoms with Crippen LogP contribution in [0.15, 0.2) is 180 Å². The number of nitrogens with zero attached hydrogens (tertiary/aromatic N) is 4. The van der Waals surface area contributed by atoms with Gasteiger partial charge in [-0.3, -0.25) is 29.0 Å².